The Hall–Kier alpha value is -0.830. The Bertz CT molecular complexity index is 174. The van der Waals surface area contributed by atoms with E-state index in [4.69, 9.17) is 4.74 Å². The second kappa shape index (κ2) is 3.53. The van der Waals surface area contributed by atoms with Crippen LogP contribution in [0.15, 0.2) is 12.2 Å². The van der Waals surface area contributed by atoms with Crippen LogP contribution in [0, 0.1) is 0 Å². The van der Waals surface area contributed by atoms with Gasteiger partial charge in [0.25, 0.3) is 0 Å². The standard InChI is InChI=1S/C8H12O3/c1-2-3-6(9)7-4-5-8(10)11-7/h4-7,9H,2-3H2,1H3/t6-,7+/m1/s1. The first kappa shape index (κ1) is 8.27. The normalized spacial score (nSPS) is 25.3. The summed E-state index contributed by atoms with van der Waals surface area (Å²) in [4.78, 5) is 10.5. The molecule has 3 nitrogen and oxygen atoms in total. The monoisotopic (exact) mass is 156 g/mol. The van der Waals surface area contributed by atoms with Crippen molar-refractivity contribution < 1.29 is 14.6 Å². The number of carbonyl (C=O) groups excluding carboxylic acids is 1. The van der Waals surface area contributed by atoms with Crippen molar-refractivity contribution in [2.45, 2.75) is 32.0 Å². The first-order valence-electron chi connectivity index (χ1n) is 3.81. The molecule has 0 aromatic carbocycles. The molecule has 1 heterocycles. The predicted octanol–water partition coefficient (Wildman–Crippen LogP) is 0.629. The van der Waals surface area contributed by atoms with E-state index in [2.05, 4.69) is 0 Å². The van der Waals surface area contributed by atoms with E-state index < -0.39 is 12.2 Å². The summed E-state index contributed by atoms with van der Waals surface area (Å²) >= 11 is 0. The lowest BCUT2D eigenvalue weighted by Gasteiger charge is -2.14. The van der Waals surface area contributed by atoms with Crippen molar-refractivity contribution in [1.82, 2.24) is 0 Å². The molecule has 0 aromatic heterocycles. The molecule has 0 bridgehead atoms. The minimum atomic E-state index is -0.539. The van der Waals surface area contributed by atoms with Crippen molar-refractivity contribution in [3.8, 4) is 0 Å². The van der Waals surface area contributed by atoms with Gasteiger partial charge in [-0.05, 0) is 12.5 Å². The number of rotatable bonds is 3. The van der Waals surface area contributed by atoms with Gasteiger partial charge in [0, 0.05) is 6.08 Å². The summed E-state index contributed by atoms with van der Waals surface area (Å²) in [6.45, 7) is 1.98. The van der Waals surface area contributed by atoms with Crippen molar-refractivity contribution >= 4 is 5.97 Å². The molecule has 1 N–H and O–H groups in total. The zero-order valence-corrected chi connectivity index (χ0v) is 6.49. The number of hydrogen-bond acceptors (Lipinski definition) is 3. The molecule has 0 aromatic rings. The summed E-state index contributed by atoms with van der Waals surface area (Å²) in [6.07, 6.45) is 3.56. The highest BCUT2D eigenvalue weighted by molar-refractivity contribution is 5.84. The molecule has 0 saturated heterocycles. The maximum atomic E-state index is 10.5. The van der Waals surface area contributed by atoms with Gasteiger partial charge < -0.3 is 9.84 Å². The largest absolute Gasteiger partial charge is 0.452 e. The van der Waals surface area contributed by atoms with E-state index in [-0.39, 0.29) is 5.97 Å². The zero-order valence-electron chi connectivity index (χ0n) is 6.49. The molecule has 0 saturated carbocycles. The molecule has 1 aliphatic heterocycles. The molecule has 0 aliphatic carbocycles. The molecule has 0 spiro atoms. The number of carbonyl (C=O) groups is 1. The average molecular weight is 156 g/mol. The van der Waals surface area contributed by atoms with Crippen LogP contribution >= 0.6 is 0 Å². The lowest BCUT2D eigenvalue weighted by atomic mass is 10.1. The molecule has 0 amide bonds. The molecule has 2 atom stereocenters. The fourth-order valence-corrected chi connectivity index (χ4v) is 1.05. The predicted molar refractivity (Wildman–Crippen MR) is 39.9 cm³/mol. The van der Waals surface area contributed by atoms with Crippen LogP contribution in [0.25, 0.3) is 0 Å². The van der Waals surface area contributed by atoms with E-state index in [1.165, 1.54) is 6.08 Å². The van der Waals surface area contributed by atoms with Crippen LogP contribution in [-0.4, -0.2) is 23.3 Å². The van der Waals surface area contributed by atoms with Gasteiger partial charge in [0.2, 0.25) is 0 Å². The Kier molecular flexibility index (Phi) is 2.65. The summed E-state index contributed by atoms with van der Waals surface area (Å²) in [5.41, 5.74) is 0. The van der Waals surface area contributed by atoms with Crippen LogP contribution in [0.5, 0.6) is 0 Å². The maximum absolute atomic E-state index is 10.5. The number of esters is 1. The summed E-state index contributed by atoms with van der Waals surface area (Å²) in [5, 5.41) is 9.34. The molecule has 0 unspecified atom stereocenters. The highest BCUT2D eigenvalue weighted by atomic mass is 16.6. The Balaban J connectivity index is 2.37. The minimum Gasteiger partial charge on any atom is -0.452 e. The van der Waals surface area contributed by atoms with Crippen LogP contribution in [0.4, 0.5) is 0 Å². The Labute approximate surface area is 65.7 Å². The molecule has 11 heavy (non-hydrogen) atoms. The van der Waals surface area contributed by atoms with Gasteiger partial charge in [0.15, 0.2) is 0 Å². The molecule has 1 aliphatic rings. The van der Waals surface area contributed by atoms with Gasteiger partial charge in [0.1, 0.15) is 6.10 Å². The molecule has 0 radical (unpaired) electrons. The fraction of sp³-hybridized carbons (Fsp3) is 0.625. The summed E-state index contributed by atoms with van der Waals surface area (Å²) in [7, 11) is 0. The molecule has 0 fully saturated rings. The highest BCUT2D eigenvalue weighted by Crippen LogP contribution is 2.12. The fourth-order valence-electron chi connectivity index (χ4n) is 1.05. The summed E-state index contributed by atoms with van der Waals surface area (Å²) in [5.74, 6) is -0.356. The lowest BCUT2D eigenvalue weighted by Crippen LogP contribution is -2.25. The van der Waals surface area contributed by atoms with Gasteiger partial charge in [-0.1, -0.05) is 13.3 Å². The Morgan fingerprint density at radius 3 is 3.00 bits per heavy atom. The average Bonchev–Trinajstić information content (AvgIpc) is 2.36. The Morgan fingerprint density at radius 2 is 2.55 bits per heavy atom. The SMILES string of the molecule is CCC[C@@H](O)[C@@H]1C=CC(=O)O1. The van der Waals surface area contributed by atoms with Gasteiger partial charge in [-0.25, -0.2) is 4.79 Å². The van der Waals surface area contributed by atoms with Crippen LogP contribution in [0.2, 0.25) is 0 Å². The van der Waals surface area contributed by atoms with Gasteiger partial charge in [-0.2, -0.15) is 0 Å². The van der Waals surface area contributed by atoms with Crippen molar-refractivity contribution in [3.63, 3.8) is 0 Å². The van der Waals surface area contributed by atoms with Crippen LogP contribution < -0.4 is 0 Å². The molecule has 1 rings (SSSR count). The van der Waals surface area contributed by atoms with E-state index in [9.17, 15) is 9.90 Å². The third-order valence-corrected chi connectivity index (χ3v) is 1.64. The second-order valence-electron chi connectivity index (χ2n) is 2.62. The topological polar surface area (TPSA) is 46.5 Å². The first-order chi connectivity index (χ1) is 5.24. The van der Waals surface area contributed by atoms with Gasteiger partial charge in [-0.15, -0.1) is 0 Å². The van der Waals surface area contributed by atoms with Crippen LogP contribution in [0.1, 0.15) is 19.8 Å². The van der Waals surface area contributed by atoms with Gasteiger partial charge in [0.05, 0.1) is 6.10 Å². The number of hydrogen-bond donors (Lipinski definition) is 1. The van der Waals surface area contributed by atoms with Crippen molar-refractivity contribution in [2.24, 2.45) is 0 Å². The van der Waals surface area contributed by atoms with E-state index >= 15 is 0 Å². The molecular weight excluding hydrogens is 144 g/mol. The first-order valence-corrected chi connectivity index (χ1v) is 3.81. The summed E-state index contributed by atoms with van der Waals surface area (Å²) in [6, 6.07) is 0. The van der Waals surface area contributed by atoms with Gasteiger partial charge >= 0.3 is 5.97 Å². The third kappa shape index (κ3) is 2.05. The lowest BCUT2D eigenvalue weighted by molar-refractivity contribution is -0.142. The highest BCUT2D eigenvalue weighted by Gasteiger charge is 2.23. The number of cyclic esters (lactones) is 1. The van der Waals surface area contributed by atoms with E-state index in [1.807, 2.05) is 6.92 Å². The second-order valence-corrected chi connectivity index (χ2v) is 2.62. The number of aliphatic hydroxyl groups excluding tert-OH is 1. The Morgan fingerprint density at radius 1 is 1.82 bits per heavy atom. The summed E-state index contributed by atoms with van der Waals surface area (Å²) < 4.78 is 4.78. The van der Waals surface area contributed by atoms with E-state index in [1.54, 1.807) is 6.08 Å². The smallest absolute Gasteiger partial charge is 0.331 e. The maximum Gasteiger partial charge on any atom is 0.331 e. The third-order valence-electron chi connectivity index (χ3n) is 1.64. The molecular formula is C8H12O3. The van der Waals surface area contributed by atoms with Crippen molar-refractivity contribution in [1.29, 1.82) is 0 Å². The quantitative estimate of drug-likeness (QED) is 0.609. The van der Waals surface area contributed by atoms with Crippen LogP contribution in [0.3, 0.4) is 0 Å². The van der Waals surface area contributed by atoms with E-state index in [0.717, 1.165) is 6.42 Å². The number of ether oxygens (including phenoxy) is 1. The van der Waals surface area contributed by atoms with Crippen molar-refractivity contribution in [2.75, 3.05) is 0 Å². The van der Waals surface area contributed by atoms with Crippen molar-refractivity contribution in [3.05, 3.63) is 12.2 Å². The number of aliphatic hydroxyl groups is 1. The van der Waals surface area contributed by atoms with E-state index in [0.29, 0.717) is 6.42 Å². The van der Waals surface area contributed by atoms with Gasteiger partial charge in [-0.3, -0.25) is 0 Å². The molecule has 3 heteroatoms. The molecule has 62 valence electrons. The minimum absolute atomic E-state index is 0.356. The zero-order chi connectivity index (χ0) is 8.27. The van der Waals surface area contributed by atoms with Crippen LogP contribution in [-0.2, 0) is 9.53 Å².